The van der Waals surface area contributed by atoms with Crippen molar-refractivity contribution in [1.82, 2.24) is 4.98 Å². The number of para-hydroxylation sites is 1. The molecule has 0 saturated heterocycles. The number of aliphatic imine (C=N–C) groups is 1. The molecule has 2 heterocycles. The van der Waals surface area contributed by atoms with Crippen LogP contribution in [0, 0.1) is 5.82 Å². The third-order valence-corrected chi connectivity index (χ3v) is 4.94. The Hall–Kier alpha value is -2.55. The van der Waals surface area contributed by atoms with E-state index in [9.17, 15) is 4.39 Å². The number of aromatic nitrogens is 1. The smallest absolute Gasteiger partial charge is 0.127 e. The van der Waals surface area contributed by atoms with Crippen LogP contribution in [-0.2, 0) is 6.42 Å². The maximum absolute atomic E-state index is 14.4. The average molecular weight is 318 g/mol. The minimum Gasteiger partial charge on any atom is -0.277 e. The van der Waals surface area contributed by atoms with E-state index in [1.54, 1.807) is 6.07 Å². The number of hydrogen-bond acceptors (Lipinski definition) is 2. The second kappa shape index (κ2) is 5.52. The normalized spacial score (nSPS) is 19.9. The largest absolute Gasteiger partial charge is 0.277 e. The predicted octanol–water partition coefficient (Wildman–Crippen LogP) is 4.94. The molecule has 0 amide bonds. The Morgan fingerprint density at radius 1 is 1.12 bits per heavy atom. The van der Waals surface area contributed by atoms with Gasteiger partial charge in [0.15, 0.2) is 0 Å². The summed E-state index contributed by atoms with van der Waals surface area (Å²) >= 11 is 0. The maximum Gasteiger partial charge on any atom is 0.127 e. The van der Waals surface area contributed by atoms with Gasteiger partial charge in [0.05, 0.1) is 16.8 Å². The Bertz CT molecular complexity index is 961. The summed E-state index contributed by atoms with van der Waals surface area (Å²) < 4.78 is 14.4. The minimum absolute atomic E-state index is 0.145. The lowest BCUT2D eigenvalue weighted by atomic mass is 9.82. The van der Waals surface area contributed by atoms with Crippen molar-refractivity contribution in [2.24, 2.45) is 4.99 Å². The standard InChI is InChI=1S/C21H19FN2/c1-3-21(2)12-17-16(8-6-9-18(17)22)20(24-21)15-11-14-7-4-5-10-19(14)23-13-15/h4-11,13H,3,12H2,1-2H3. The fraction of sp³-hybridized carbons (Fsp3) is 0.238. The molecular weight excluding hydrogens is 299 g/mol. The minimum atomic E-state index is -0.282. The van der Waals surface area contributed by atoms with Gasteiger partial charge in [-0.3, -0.25) is 9.98 Å². The summed E-state index contributed by atoms with van der Waals surface area (Å²) in [4.78, 5) is 9.55. The number of pyridine rings is 1. The van der Waals surface area contributed by atoms with E-state index < -0.39 is 0 Å². The van der Waals surface area contributed by atoms with Gasteiger partial charge in [0.1, 0.15) is 5.82 Å². The van der Waals surface area contributed by atoms with Crippen LogP contribution in [0.1, 0.15) is 37.0 Å². The molecule has 1 aliphatic heterocycles. The molecule has 1 aromatic heterocycles. The summed E-state index contributed by atoms with van der Waals surface area (Å²) in [6, 6.07) is 15.4. The Morgan fingerprint density at radius 2 is 1.96 bits per heavy atom. The molecule has 0 N–H and O–H groups in total. The molecule has 0 aliphatic carbocycles. The maximum atomic E-state index is 14.4. The highest BCUT2D eigenvalue weighted by molar-refractivity contribution is 6.15. The summed E-state index contributed by atoms with van der Waals surface area (Å²) in [5.74, 6) is -0.145. The van der Waals surface area contributed by atoms with Crippen LogP contribution in [0.15, 0.2) is 59.7 Å². The van der Waals surface area contributed by atoms with E-state index in [0.717, 1.165) is 39.7 Å². The SMILES string of the molecule is CCC1(C)Cc2c(F)cccc2C(c2cnc3ccccc3c2)=N1. The molecule has 3 heteroatoms. The number of rotatable bonds is 2. The Labute approximate surface area is 141 Å². The van der Waals surface area contributed by atoms with Crippen molar-refractivity contribution in [1.29, 1.82) is 0 Å². The molecule has 0 radical (unpaired) electrons. The van der Waals surface area contributed by atoms with Gasteiger partial charge in [-0.15, -0.1) is 0 Å². The second-order valence-corrected chi connectivity index (χ2v) is 6.67. The predicted molar refractivity (Wildman–Crippen MR) is 96.2 cm³/mol. The van der Waals surface area contributed by atoms with Crippen LogP contribution in [-0.4, -0.2) is 16.2 Å². The zero-order valence-electron chi connectivity index (χ0n) is 13.9. The van der Waals surface area contributed by atoms with Crippen molar-refractivity contribution in [3.63, 3.8) is 0 Å². The molecule has 120 valence electrons. The highest BCUT2D eigenvalue weighted by Crippen LogP contribution is 2.33. The van der Waals surface area contributed by atoms with Crippen LogP contribution in [0.4, 0.5) is 4.39 Å². The van der Waals surface area contributed by atoms with Gasteiger partial charge in [-0.05, 0) is 37.1 Å². The van der Waals surface area contributed by atoms with Gasteiger partial charge in [-0.2, -0.15) is 0 Å². The van der Waals surface area contributed by atoms with Gasteiger partial charge in [0.2, 0.25) is 0 Å². The van der Waals surface area contributed by atoms with Gasteiger partial charge in [0.25, 0.3) is 0 Å². The number of hydrogen-bond donors (Lipinski definition) is 0. The first-order valence-corrected chi connectivity index (χ1v) is 8.32. The molecule has 3 aromatic rings. The van der Waals surface area contributed by atoms with E-state index in [0.29, 0.717) is 6.42 Å². The lowest BCUT2D eigenvalue weighted by Crippen LogP contribution is -2.32. The molecule has 0 spiro atoms. The van der Waals surface area contributed by atoms with Gasteiger partial charge in [0, 0.05) is 29.1 Å². The van der Waals surface area contributed by atoms with Crippen LogP contribution in [0.5, 0.6) is 0 Å². The third-order valence-electron chi connectivity index (χ3n) is 4.94. The van der Waals surface area contributed by atoms with E-state index in [-0.39, 0.29) is 11.4 Å². The summed E-state index contributed by atoms with van der Waals surface area (Å²) in [7, 11) is 0. The second-order valence-electron chi connectivity index (χ2n) is 6.67. The Kier molecular flexibility index (Phi) is 3.45. The van der Waals surface area contributed by atoms with Gasteiger partial charge in [-0.1, -0.05) is 37.3 Å². The molecular formula is C21H19FN2. The Balaban J connectivity index is 1.95. The highest BCUT2D eigenvalue weighted by atomic mass is 19.1. The first-order chi connectivity index (χ1) is 11.6. The number of fused-ring (bicyclic) bond motifs is 2. The van der Waals surface area contributed by atoms with Crippen molar-refractivity contribution >= 4 is 16.6 Å². The highest BCUT2D eigenvalue weighted by Gasteiger charge is 2.31. The average Bonchev–Trinajstić information content (AvgIpc) is 2.62. The summed E-state index contributed by atoms with van der Waals surface area (Å²) in [6.07, 6.45) is 3.35. The molecule has 0 fully saturated rings. The molecule has 1 aliphatic rings. The zero-order chi connectivity index (χ0) is 16.7. The van der Waals surface area contributed by atoms with E-state index in [2.05, 4.69) is 24.9 Å². The first-order valence-electron chi connectivity index (χ1n) is 8.32. The fourth-order valence-electron chi connectivity index (χ4n) is 3.34. The van der Waals surface area contributed by atoms with Crippen LogP contribution < -0.4 is 0 Å². The number of halogens is 1. The van der Waals surface area contributed by atoms with Gasteiger partial charge >= 0.3 is 0 Å². The number of nitrogens with zero attached hydrogens (tertiary/aromatic N) is 2. The van der Waals surface area contributed by atoms with Gasteiger partial charge in [-0.25, -0.2) is 4.39 Å². The van der Waals surface area contributed by atoms with Crippen molar-refractivity contribution in [2.45, 2.75) is 32.2 Å². The fourth-order valence-corrected chi connectivity index (χ4v) is 3.34. The van der Waals surface area contributed by atoms with Crippen molar-refractivity contribution in [3.8, 4) is 0 Å². The van der Waals surface area contributed by atoms with Gasteiger partial charge < -0.3 is 0 Å². The molecule has 2 nitrogen and oxygen atoms in total. The lowest BCUT2D eigenvalue weighted by molar-refractivity contribution is 0.437. The van der Waals surface area contributed by atoms with Crippen LogP contribution >= 0.6 is 0 Å². The molecule has 1 atom stereocenters. The molecule has 0 bridgehead atoms. The van der Waals surface area contributed by atoms with E-state index in [1.807, 2.05) is 36.5 Å². The van der Waals surface area contributed by atoms with Crippen molar-refractivity contribution in [2.75, 3.05) is 0 Å². The third kappa shape index (κ3) is 2.41. The van der Waals surface area contributed by atoms with Crippen LogP contribution in [0.25, 0.3) is 10.9 Å². The first kappa shape index (κ1) is 15.0. The van der Waals surface area contributed by atoms with E-state index in [1.165, 1.54) is 6.07 Å². The van der Waals surface area contributed by atoms with E-state index in [4.69, 9.17) is 4.99 Å². The van der Waals surface area contributed by atoms with E-state index >= 15 is 0 Å². The summed E-state index contributed by atoms with van der Waals surface area (Å²) in [6.45, 7) is 4.20. The summed E-state index contributed by atoms with van der Waals surface area (Å²) in [5.41, 5.74) is 4.11. The molecule has 2 aromatic carbocycles. The topological polar surface area (TPSA) is 25.2 Å². The zero-order valence-corrected chi connectivity index (χ0v) is 13.9. The molecule has 4 rings (SSSR count). The van der Waals surface area contributed by atoms with Crippen LogP contribution in [0.2, 0.25) is 0 Å². The molecule has 24 heavy (non-hydrogen) atoms. The van der Waals surface area contributed by atoms with Crippen molar-refractivity contribution < 1.29 is 4.39 Å². The summed E-state index contributed by atoms with van der Waals surface area (Å²) in [5, 5.41) is 1.07. The monoisotopic (exact) mass is 318 g/mol. The lowest BCUT2D eigenvalue weighted by Gasteiger charge is -2.31. The molecule has 0 saturated carbocycles. The quantitative estimate of drug-likeness (QED) is 0.657. The van der Waals surface area contributed by atoms with Crippen molar-refractivity contribution in [3.05, 3.63) is 77.2 Å². The number of benzene rings is 2. The molecule has 1 unspecified atom stereocenters. The van der Waals surface area contributed by atoms with Crippen LogP contribution in [0.3, 0.4) is 0 Å². The Morgan fingerprint density at radius 3 is 2.79 bits per heavy atom.